The quantitative estimate of drug-likeness (QED) is 0.828. The van der Waals surface area contributed by atoms with E-state index in [4.69, 9.17) is 4.74 Å². The maximum Gasteiger partial charge on any atom is 0.236 e. The van der Waals surface area contributed by atoms with Crippen molar-refractivity contribution in [2.45, 2.75) is 32.3 Å². The van der Waals surface area contributed by atoms with Gasteiger partial charge < -0.3 is 14.7 Å². The second-order valence-electron chi connectivity index (χ2n) is 6.20. The third-order valence-corrected chi connectivity index (χ3v) is 4.27. The van der Waals surface area contributed by atoms with Gasteiger partial charge in [0.2, 0.25) is 5.91 Å². The Labute approximate surface area is 138 Å². The summed E-state index contributed by atoms with van der Waals surface area (Å²) >= 11 is 0. The lowest BCUT2D eigenvalue weighted by molar-refractivity contribution is -0.134. The molecular formula is C18H28N2O3. The van der Waals surface area contributed by atoms with Gasteiger partial charge in [-0.1, -0.05) is 19.1 Å². The molecule has 0 bridgehead atoms. The first-order valence-corrected chi connectivity index (χ1v) is 8.44. The van der Waals surface area contributed by atoms with Crippen LogP contribution in [0.15, 0.2) is 24.3 Å². The van der Waals surface area contributed by atoms with E-state index in [0.29, 0.717) is 45.6 Å². The number of rotatable bonds is 7. The van der Waals surface area contributed by atoms with Crippen molar-refractivity contribution in [3.05, 3.63) is 29.8 Å². The predicted molar refractivity (Wildman–Crippen MR) is 90.6 cm³/mol. The molecule has 1 amide bonds. The fourth-order valence-corrected chi connectivity index (χ4v) is 2.70. The van der Waals surface area contributed by atoms with E-state index in [0.717, 1.165) is 12.2 Å². The summed E-state index contributed by atoms with van der Waals surface area (Å²) in [5.41, 5.74) is 1.26. The highest BCUT2D eigenvalue weighted by molar-refractivity contribution is 5.78. The van der Waals surface area contributed by atoms with E-state index in [1.165, 1.54) is 5.56 Å². The number of carbonyl (C=O) groups is 1. The highest BCUT2D eigenvalue weighted by Crippen LogP contribution is 2.13. The van der Waals surface area contributed by atoms with Crippen molar-refractivity contribution in [2.75, 3.05) is 39.8 Å². The predicted octanol–water partition coefficient (Wildman–Crippen LogP) is 1.54. The summed E-state index contributed by atoms with van der Waals surface area (Å²) in [5.74, 6) is 1.02. The molecule has 5 nitrogen and oxygen atoms in total. The van der Waals surface area contributed by atoms with Crippen LogP contribution in [0.1, 0.15) is 25.3 Å². The first-order valence-electron chi connectivity index (χ1n) is 8.44. The van der Waals surface area contributed by atoms with Crippen molar-refractivity contribution >= 4 is 5.91 Å². The van der Waals surface area contributed by atoms with E-state index in [-0.39, 0.29) is 12.0 Å². The molecule has 1 aromatic carbocycles. The van der Waals surface area contributed by atoms with Crippen LogP contribution in [0.4, 0.5) is 0 Å². The molecule has 1 saturated heterocycles. The monoisotopic (exact) mass is 320 g/mol. The van der Waals surface area contributed by atoms with E-state index in [9.17, 15) is 9.90 Å². The molecular weight excluding hydrogens is 292 g/mol. The van der Waals surface area contributed by atoms with E-state index >= 15 is 0 Å². The Hall–Kier alpha value is -1.59. The van der Waals surface area contributed by atoms with Gasteiger partial charge in [0.25, 0.3) is 0 Å². The molecule has 5 heteroatoms. The van der Waals surface area contributed by atoms with E-state index in [1.807, 2.05) is 29.0 Å². The molecule has 128 valence electrons. The second-order valence-corrected chi connectivity index (χ2v) is 6.20. The lowest BCUT2D eigenvalue weighted by Crippen LogP contribution is -2.44. The third kappa shape index (κ3) is 5.84. The molecule has 1 heterocycles. The number of likely N-dealkylation sites (tertiary alicyclic amines) is 1. The fraction of sp³-hybridized carbons (Fsp3) is 0.611. The lowest BCUT2D eigenvalue weighted by Gasteiger charge is -2.31. The molecule has 1 aliphatic rings. The molecule has 0 radical (unpaired) electrons. The number of carbonyl (C=O) groups excluding carboxylic acids is 1. The van der Waals surface area contributed by atoms with Crippen LogP contribution in [0, 0.1) is 0 Å². The molecule has 0 aliphatic carbocycles. The Morgan fingerprint density at radius 2 is 2.13 bits per heavy atom. The van der Waals surface area contributed by atoms with Gasteiger partial charge in [0.15, 0.2) is 0 Å². The minimum atomic E-state index is -0.246. The second kappa shape index (κ2) is 8.89. The van der Waals surface area contributed by atoms with Crippen LogP contribution in [0.25, 0.3) is 0 Å². The van der Waals surface area contributed by atoms with E-state index < -0.39 is 0 Å². The van der Waals surface area contributed by atoms with Crippen LogP contribution < -0.4 is 4.74 Å². The number of piperidine rings is 1. The van der Waals surface area contributed by atoms with E-state index in [1.54, 1.807) is 0 Å². The lowest BCUT2D eigenvalue weighted by atomic mass is 10.1. The summed E-state index contributed by atoms with van der Waals surface area (Å²) in [6, 6.07) is 8.12. The summed E-state index contributed by atoms with van der Waals surface area (Å²) in [5, 5.41) is 9.49. The van der Waals surface area contributed by atoms with Gasteiger partial charge in [-0.15, -0.1) is 0 Å². The summed E-state index contributed by atoms with van der Waals surface area (Å²) in [6.45, 7) is 5.11. The number of hydrogen-bond acceptors (Lipinski definition) is 4. The van der Waals surface area contributed by atoms with Crippen molar-refractivity contribution in [2.24, 2.45) is 0 Å². The molecule has 1 N–H and O–H groups in total. The number of aliphatic hydroxyl groups is 1. The number of nitrogens with zero attached hydrogens (tertiary/aromatic N) is 2. The highest BCUT2D eigenvalue weighted by atomic mass is 16.5. The number of aliphatic hydroxyl groups excluding tert-OH is 1. The number of aryl methyl sites for hydroxylation is 1. The largest absolute Gasteiger partial charge is 0.492 e. The summed E-state index contributed by atoms with van der Waals surface area (Å²) < 4.78 is 5.76. The maximum absolute atomic E-state index is 12.2. The van der Waals surface area contributed by atoms with Gasteiger partial charge in [-0.2, -0.15) is 0 Å². The number of ether oxygens (including phenoxy) is 1. The Morgan fingerprint density at radius 3 is 2.83 bits per heavy atom. The van der Waals surface area contributed by atoms with Gasteiger partial charge in [0, 0.05) is 19.6 Å². The molecule has 2 rings (SSSR count). The molecule has 23 heavy (non-hydrogen) atoms. The van der Waals surface area contributed by atoms with Crippen molar-refractivity contribution in [1.82, 2.24) is 9.80 Å². The summed E-state index contributed by atoms with van der Waals surface area (Å²) in [4.78, 5) is 16.0. The van der Waals surface area contributed by atoms with E-state index in [2.05, 4.69) is 19.1 Å². The van der Waals surface area contributed by atoms with Gasteiger partial charge in [-0.05, 0) is 44.0 Å². The van der Waals surface area contributed by atoms with Crippen LogP contribution in [0.3, 0.4) is 0 Å². The molecule has 1 aromatic rings. The van der Waals surface area contributed by atoms with Crippen molar-refractivity contribution < 1.29 is 14.6 Å². The SMILES string of the molecule is CCc1cccc(OCCN(C)CC(=O)N2CCC(O)CC2)c1. The minimum absolute atomic E-state index is 0.132. The average Bonchev–Trinajstić information content (AvgIpc) is 2.55. The van der Waals surface area contributed by atoms with Crippen molar-refractivity contribution in [1.29, 1.82) is 0 Å². The smallest absolute Gasteiger partial charge is 0.236 e. The fourth-order valence-electron chi connectivity index (χ4n) is 2.70. The number of likely N-dealkylation sites (N-methyl/N-ethyl adjacent to an activating group) is 1. The third-order valence-electron chi connectivity index (χ3n) is 4.27. The Kier molecular flexibility index (Phi) is 6.86. The standard InChI is InChI=1S/C18H28N2O3/c1-3-15-5-4-6-17(13-15)23-12-11-19(2)14-18(22)20-9-7-16(21)8-10-20/h4-6,13,16,21H,3,7-12,14H2,1-2H3. The van der Waals surface area contributed by atoms with Crippen molar-refractivity contribution in [3.63, 3.8) is 0 Å². The van der Waals surface area contributed by atoms with Crippen molar-refractivity contribution in [3.8, 4) is 5.75 Å². The van der Waals surface area contributed by atoms with Gasteiger partial charge in [-0.3, -0.25) is 9.69 Å². The van der Waals surface area contributed by atoms with Crippen LogP contribution in [-0.4, -0.2) is 66.8 Å². The summed E-state index contributed by atoms with van der Waals surface area (Å²) in [6.07, 6.45) is 2.12. The topological polar surface area (TPSA) is 53.0 Å². The molecule has 1 fully saturated rings. The zero-order chi connectivity index (χ0) is 16.7. The Morgan fingerprint density at radius 1 is 1.39 bits per heavy atom. The van der Waals surface area contributed by atoms with Crippen LogP contribution in [0.5, 0.6) is 5.75 Å². The molecule has 0 saturated carbocycles. The zero-order valence-corrected chi connectivity index (χ0v) is 14.2. The molecule has 0 atom stereocenters. The Bertz CT molecular complexity index is 499. The number of amides is 1. The van der Waals surface area contributed by atoms with Crippen LogP contribution in [0.2, 0.25) is 0 Å². The number of hydrogen-bond donors (Lipinski definition) is 1. The molecule has 0 spiro atoms. The summed E-state index contributed by atoms with van der Waals surface area (Å²) in [7, 11) is 1.93. The molecule has 0 unspecified atom stereocenters. The Balaban J connectivity index is 1.68. The zero-order valence-electron chi connectivity index (χ0n) is 14.2. The number of benzene rings is 1. The molecule has 1 aliphatic heterocycles. The normalized spacial score (nSPS) is 15.9. The van der Waals surface area contributed by atoms with Gasteiger partial charge in [-0.25, -0.2) is 0 Å². The van der Waals surface area contributed by atoms with Gasteiger partial charge in [0.1, 0.15) is 12.4 Å². The molecule has 0 aromatic heterocycles. The maximum atomic E-state index is 12.2. The first kappa shape index (κ1) is 17.8. The van der Waals surface area contributed by atoms with Crippen LogP contribution >= 0.6 is 0 Å². The highest BCUT2D eigenvalue weighted by Gasteiger charge is 2.21. The average molecular weight is 320 g/mol. The van der Waals surface area contributed by atoms with Gasteiger partial charge >= 0.3 is 0 Å². The first-order chi connectivity index (χ1) is 11.1. The van der Waals surface area contributed by atoms with Crippen LogP contribution in [-0.2, 0) is 11.2 Å². The minimum Gasteiger partial charge on any atom is -0.492 e. The van der Waals surface area contributed by atoms with Gasteiger partial charge in [0.05, 0.1) is 12.6 Å².